The van der Waals surface area contributed by atoms with E-state index in [2.05, 4.69) is 82.1 Å². The van der Waals surface area contributed by atoms with Crippen molar-refractivity contribution in [2.45, 2.75) is 32.2 Å². The first kappa shape index (κ1) is 24.4. The minimum Gasteiger partial charge on any atom is -0.497 e. The Morgan fingerprint density at radius 3 is 2.41 bits per heavy atom. The largest absolute Gasteiger partial charge is 0.497 e. The van der Waals surface area contributed by atoms with E-state index in [1.807, 2.05) is 5.49 Å². The van der Waals surface area contributed by atoms with Crippen molar-refractivity contribution in [3.63, 3.8) is 0 Å². The lowest BCUT2D eigenvalue weighted by Crippen LogP contribution is -2.34. The van der Waals surface area contributed by atoms with Crippen molar-refractivity contribution in [3.05, 3.63) is 99.4 Å². The standard InChI is InChI=1S/C21H21BrN2S.C7H7FO/c1-13(2)14-3-5-15(6-4-14)21-20-17(9-10-24(21)12-25)18-11-16(22)7-8-19(18)23-20;1-9-7-4-2-6(8)3-5-7/h3-8,11-13,21,23H,9-10H2,1-2H3;2-5H,1H3. The van der Waals surface area contributed by atoms with E-state index in [9.17, 15) is 4.39 Å². The molecule has 0 fully saturated rings. The molecule has 1 aliphatic heterocycles. The fraction of sp³-hybridized carbons (Fsp3) is 0.250. The van der Waals surface area contributed by atoms with Gasteiger partial charge < -0.3 is 14.6 Å². The predicted octanol–water partition coefficient (Wildman–Crippen LogP) is 7.79. The highest BCUT2D eigenvalue weighted by Crippen LogP contribution is 2.38. The average molecular weight is 540 g/mol. The van der Waals surface area contributed by atoms with Gasteiger partial charge in [-0.3, -0.25) is 0 Å². The Hall–Kier alpha value is -2.70. The molecule has 0 radical (unpaired) electrons. The molecular formula is C28H28BrFN2OS. The van der Waals surface area contributed by atoms with Crippen LogP contribution in [-0.2, 0) is 6.42 Å². The molecule has 0 amide bonds. The van der Waals surface area contributed by atoms with Gasteiger partial charge in [-0.2, -0.15) is 0 Å². The van der Waals surface area contributed by atoms with E-state index in [0.717, 1.165) is 17.4 Å². The molecule has 6 heteroatoms. The maximum Gasteiger partial charge on any atom is 0.123 e. The van der Waals surface area contributed by atoms with E-state index in [4.69, 9.17) is 17.0 Å². The van der Waals surface area contributed by atoms with E-state index in [1.54, 1.807) is 19.2 Å². The summed E-state index contributed by atoms with van der Waals surface area (Å²) in [5, 5.41) is 1.32. The third kappa shape index (κ3) is 5.18. The fourth-order valence-electron chi connectivity index (χ4n) is 4.38. The van der Waals surface area contributed by atoms with Crippen molar-refractivity contribution in [2.24, 2.45) is 0 Å². The predicted molar refractivity (Wildman–Crippen MR) is 145 cm³/mol. The highest BCUT2D eigenvalue weighted by molar-refractivity contribution is 9.10. The van der Waals surface area contributed by atoms with Crippen LogP contribution < -0.4 is 4.74 Å². The van der Waals surface area contributed by atoms with Crippen LogP contribution in [0.25, 0.3) is 10.9 Å². The molecule has 34 heavy (non-hydrogen) atoms. The summed E-state index contributed by atoms with van der Waals surface area (Å²) in [6.45, 7) is 5.41. The number of hydrogen-bond acceptors (Lipinski definition) is 2. The number of halogens is 2. The summed E-state index contributed by atoms with van der Waals surface area (Å²) in [6.07, 6.45) is 1.01. The summed E-state index contributed by atoms with van der Waals surface area (Å²) in [6, 6.07) is 21.5. The van der Waals surface area contributed by atoms with Crippen LogP contribution in [0.1, 0.15) is 48.2 Å². The molecule has 3 aromatic carbocycles. The van der Waals surface area contributed by atoms with Crippen LogP contribution in [0, 0.1) is 5.82 Å². The molecule has 1 N–H and O–H groups in total. The number of H-pyrrole nitrogens is 1. The van der Waals surface area contributed by atoms with Gasteiger partial charge in [0.15, 0.2) is 0 Å². The van der Waals surface area contributed by atoms with Crippen LogP contribution in [0.2, 0.25) is 0 Å². The SMILES string of the molecule is CC(C)c1ccc(C2c3[nH]c4ccc(Br)cc4c3CCN2C=S)cc1.COc1ccc(F)cc1. The lowest BCUT2D eigenvalue weighted by Gasteiger charge is -2.34. The molecule has 1 unspecified atom stereocenters. The highest BCUT2D eigenvalue weighted by atomic mass is 79.9. The van der Waals surface area contributed by atoms with Crippen molar-refractivity contribution in [2.75, 3.05) is 13.7 Å². The van der Waals surface area contributed by atoms with Crippen LogP contribution in [0.4, 0.5) is 4.39 Å². The zero-order chi connectivity index (χ0) is 24.2. The first-order chi connectivity index (χ1) is 16.4. The number of hydrogen-bond donors (Lipinski definition) is 1. The number of rotatable bonds is 4. The van der Waals surface area contributed by atoms with Crippen molar-refractivity contribution < 1.29 is 9.13 Å². The maximum atomic E-state index is 12.2. The third-order valence-corrected chi connectivity index (χ3v) is 6.99. The highest BCUT2D eigenvalue weighted by Gasteiger charge is 2.30. The van der Waals surface area contributed by atoms with Gasteiger partial charge in [-0.05, 0) is 71.5 Å². The summed E-state index contributed by atoms with van der Waals surface area (Å²) >= 11 is 8.93. The van der Waals surface area contributed by atoms with Crippen LogP contribution in [0.15, 0.2) is 71.2 Å². The molecule has 2 heterocycles. The van der Waals surface area contributed by atoms with Crippen molar-refractivity contribution in [3.8, 4) is 5.75 Å². The van der Waals surface area contributed by atoms with Crippen molar-refractivity contribution in [1.29, 1.82) is 0 Å². The van der Waals surface area contributed by atoms with E-state index in [1.165, 1.54) is 45.4 Å². The number of thiocarbonyl (C=S) groups is 1. The Morgan fingerprint density at radius 1 is 1.09 bits per heavy atom. The van der Waals surface area contributed by atoms with Crippen LogP contribution in [0.3, 0.4) is 0 Å². The number of fused-ring (bicyclic) bond motifs is 3. The van der Waals surface area contributed by atoms with Crippen LogP contribution >= 0.6 is 28.1 Å². The summed E-state index contributed by atoms with van der Waals surface area (Å²) in [4.78, 5) is 5.94. The Morgan fingerprint density at radius 2 is 1.79 bits per heavy atom. The second kappa shape index (κ2) is 10.7. The first-order valence-electron chi connectivity index (χ1n) is 11.3. The van der Waals surface area contributed by atoms with Gasteiger partial charge >= 0.3 is 0 Å². The molecule has 0 aliphatic carbocycles. The number of aromatic nitrogens is 1. The molecule has 4 aromatic rings. The van der Waals surface area contributed by atoms with E-state index >= 15 is 0 Å². The Labute approximate surface area is 214 Å². The summed E-state index contributed by atoms with van der Waals surface area (Å²) < 4.78 is 18.1. The lowest BCUT2D eigenvalue weighted by molar-refractivity contribution is 0.349. The minimum absolute atomic E-state index is 0.161. The molecule has 176 valence electrons. The van der Waals surface area contributed by atoms with Crippen LogP contribution in [-0.4, -0.2) is 29.0 Å². The molecule has 1 atom stereocenters. The topological polar surface area (TPSA) is 28.3 Å². The fourth-order valence-corrected chi connectivity index (χ4v) is 4.97. The second-order valence-corrected chi connectivity index (χ2v) is 9.81. The van der Waals surface area contributed by atoms with Crippen molar-refractivity contribution >= 4 is 44.5 Å². The molecule has 0 spiro atoms. The lowest BCUT2D eigenvalue weighted by atomic mass is 9.91. The molecule has 1 aromatic heterocycles. The summed E-state index contributed by atoms with van der Waals surface area (Å²) in [5.41, 5.74) is 8.36. The molecule has 0 saturated heterocycles. The van der Waals surface area contributed by atoms with Gasteiger partial charge in [0.1, 0.15) is 11.6 Å². The van der Waals surface area contributed by atoms with Gasteiger partial charge in [0.25, 0.3) is 0 Å². The maximum absolute atomic E-state index is 12.2. The number of nitrogens with one attached hydrogen (secondary N) is 1. The van der Waals surface area contributed by atoms with Gasteiger partial charge in [0, 0.05) is 27.6 Å². The van der Waals surface area contributed by atoms with Crippen LogP contribution in [0.5, 0.6) is 5.75 Å². The average Bonchev–Trinajstić information content (AvgIpc) is 3.22. The zero-order valence-electron chi connectivity index (χ0n) is 19.5. The Bertz CT molecular complexity index is 1270. The van der Waals surface area contributed by atoms with E-state index in [-0.39, 0.29) is 11.9 Å². The van der Waals surface area contributed by atoms with Gasteiger partial charge in [-0.15, -0.1) is 0 Å². The van der Waals surface area contributed by atoms with Gasteiger partial charge in [-0.1, -0.05) is 66.3 Å². The van der Waals surface area contributed by atoms with Gasteiger partial charge in [0.2, 0.25) is 0 Å². The van der Waals surface area contributed by atoms with Gasteiger partial charge in [-0.25, -0.2) is 4.39 Å². The normalized spacial score (nSPS) is 15.0. The van der Waals surface area contributed by atoms with E-state index in [0.29, 0.717) is 11.7 Å². The molecular weight excluding hydrogens is 511 g/mol. The number of ether oxygens (including phenoxy) is 1. The number of benzene rings is 3. The smallest absolute Gasteiger partial charge is 0.123 e. The summed E-state index contributed by atoms with van der Waals surface area (Å²) in [5.74, 6) is 0.982. The molecule has 5 rings (SSSR count). The third-order valence-electron chi connectivity index (χ3n) is 6.23. The summed E-state index contributed by atoms with van der Waals surface area (Å²) in [7, 11) is 1.55. The number of aromatic amines is 1. The minimum atomic E-state index is -0.240. The Balaban J connectivity index is 0.000000257. The first-order valence-corrected chi connectivity index (χ1v) is 12.6. The second-order valence-electron chi connectivity index (χ2n) is 8.68. The van der Waals surface area contributed by atoms with Gasteiger partial charge in [0.05, 0.1) is 18.6 Å². The number of methoxy groups -OCH3 is 1. The molecule has 1 aliphatic rings. The monoisotopic (exact) mass is 538 g/mol. The molecule has 0 bridgehead atoms. The molecule has 3 nitrogen and oxygen atoms in total. The zero-order valence-corrected chi connectivity index (χ0v) is 21.9. The molecule has 0 saturated carbocycles. The Kier molecular flexibility index (Phi) is 7.69. The quantitative estimate of drug-likeness (QED) is 0.268. The van der Waals surface area contributed by atoms with E-state index < -0.39 is 0 Å². The number of nitrogens with zero attached hydrogens (tertiary/aromatic N) is 1. The van der Waals surface area contributed by atoms with Crippen molar-refractivity contribution in [1.82, 2.24) is 9.88 Å².